The van der Waals surface area contributed by atoms with Crippen LogP contribution in [-0.4, -0.2) is 16.9 Å². The topological polar surface area (TPSA) is 42.0 Å². The van der Waals surface area contributed by atoms with Gasteiger partial charge < -0.3 is 5.32 Å². The van der Waals surface area contributed by atoms with Crippen molar-refractivity contribution in [2.75, 3.05) is 0 Å². The minimum absolute atomic E-state index is 0.00527. The van der Waals surface area contributed by atoms with Crippen molar-refractivity contribution in [3.05, 3.63) is 28.6 Å². The lowest BCUT2D eigenvalue weighted by atomic mass is 10.1. The Kier molecular flexibility index (Phi) is 5.73. The standard InChI is InChI=1S/C15H20N2OS2/c1-3-4-5-7-11(2)17-14(18)13-10-16-15(20-13)12-8-6-9-19-12/h6,8-11H,3-5,7H2,1-2H3,(H,17,18). The maximum atomic E-state index is 12.1. The van der Waals surface area contributed by atoms with Gasteiger partial charge in [-0.2, -0.15) is 0 Å². The Labute approximate surface area is 128 Å². The van der Waals surface area contributed by atoms with E-state index in [1.165, 1.54) is 30.6 Å². The van der Waals surface area contributed by atoms with Gasteiger partial charge in [0.15, 0.2) is 0 Å². The molecule has 20 heavy (non-hydrogen) atoms. The Morgan fingerprint density at radius 2 is 2.30 bits per heavy atom. The summed E-state index contributed by atoms with van der Waals surface area (Å²) in [5.74, 6) is -0.00527. The second-order valence-corrected chi connectivity index (χ2v) is 6.86. The van der Waals surface area contributed by atoms with Gasteiger partial charge in [0.25, 0.3) is 5.91 Å². The number of rotatable bonds is 7. The number of thiophene rings is 1. The third kappa shape index (κ3) is 4.15. The van der Waals surface area contributed by atoms with E-state index < -0.39 is 0 Å². The molecule has 2 rings (SSSR count). The van der Waals surface area contributed by atoms with Gasteiger partial charge in [-0.15, -0.1) is 22.7 Å². The van der Waals surface area contributed by atoms with Crippen LogP contribution in [0.15, 0.2) is 23.7 Å². The number of thiazole rings is 1. The Balaban J connectivity index is 1.90. The average molecular weight is 308 g/mol. The van der Waals surface area contributed by atoms with E-state index in [0.29, 0.717) is 4.88 Å². The van der Waals surface area contributed by atoms with Crippen molar-refractivity contribution in [1.82, 2.24) is 10.3 Å². The summed E-state index contributed by atoms with van der Waals surface area (Å²) in [7, 11) is 0. The molecule has 2 aromatic rings. The fourth-order valence-corrected chi connectivity index (χ4v) is 3.58. The van der Waals surface area contributed by atoms with Crippen LogP contribution >= 0.6 is 22.7 Å². The average Bonchev–Trinajstić information content (AvgIpc) is 3.10. The van der Waals surface area contributed by atoms with Crippen LogP contribution < -0.4 is 5.32 Å². The molecule has 0 aromatic carbocycles. The van der Waals surface area contributed by atoms with E-state index in [1.54, 1.807) is 17.5 Å². The Hall–Kier alpha value is -1.20. The fraction of sp³-hybridized carbons (Fsp3) is 0.467. The van der Waals surface area contributed by atoms with Gasteiger partial charge in [-0.25, -0.2) is 4.98 Å². The van der Waals surface area contributed by atoms with E-state index in [-0.39, 0.29) is 11.9 Å². The number of amides is 1. The predicted octanol–water partition coefficient (Wildman–Crippen LogP) is 4.57. The summed E-state index contributed by atoms with van der Waals surface area (Å²) in [5.41, 5.74) is 0. The van der Waals surface area contributed by atoms with E-state index in [9.17, 15) is 4.79 Å². The molecule has 108 valence electrons. The highest BCUT2D eigenvalue weighted by Crippen LogP contribution is 2.28. The van der Waals surface area contributed by atoms with E-state index in [2.05, 4.69) is 24.1 Å². The van der Waals surface area contributed by atoms with Crippen molar-refractivity contribution in [2.24, 2.45) is 0 Å². The molecule has 0 bridgehead atoms. The molecular formula is C15H20N2OS2. The molecule has 0 aliphatic rings. The lowest BCUT2D eigenvalue weighted by Crippen LogP contribution is -2.31. The molecule has 0 fully saturated rings. The van der Waals surface area contributed by atoms with Crippen LogP contribution in [0.4, 0.5) is 0 Å². The molecule has 0 saturated carbocycles. The zero-order valence-corrected chi connectivity index (χ0v) is 13.5. The number of aromatic nitrogens is 1. The van der Waals surface area contributed by atoms with Gasteiger partial charge in [0.05, 0.1) is 11.1 Å². The second kappa shape index (κ2) is 7.55. The first-order chi connectivity index (χ1) is 9.70. The predicted molar refractivity (Wildman–Crippen MR) is 86.5 cm³/mol. The summed E-state index contributed by atoms with van der Waals surface area (Å²) >= 11 is 3.10. The Bertz CT molecular complexity index is 534. The molecule has 1 unspecified atom stereocenters. The molecule has 2 heterocycles. The fourth-order valence-electron chi connectivity index (χ4n) is 1.96. The lowest BCUT2D eigenvalue weighted by molar-refractivity contribution is 0.0942. The van der Waals surface area contributed by atoms with Crippen LogP contribution in [0.25, 0.3) is 9.88 Å². The van der Waals surface area contributed by atoms with E-state index in [1.807, 2.05) is 17.5 Å². The van der Waals surface area contributed by atoms with E-state index in [0.717, 1.165) is 16.3 Å². The third-order valence-corrected chi connectivity index (χ3v) is 5.11. The van der Waals surface area contributed by atoms with Crippen molar-refractivity contribution < 1.29 is 4.79 Å². The zero-order valence-electron chi connectivity index (χ0n) is 11.9. The van der Waals surface area contributed by atoms with E-state index in [4.69, 9.17) is 0 Å². The maximum Gasteiger partial charge on any atom is 0.263 e. The first kappa shape index (κ1) is 15.2. The normalized spacial score (nSPS) is 12.3. The van der Waals surface area contributed by atoms with Gasteiger partial charge >= 0.3 is 0 Å². The van der Waals surface area contributed by atoms with Crippen LogP contribution in [-0.2, 0) is 0 Å². The van der Waals surface area contributed by atoms with Gasteiger partial charge in [0, 0.05) is 6.04 Å². The number of hydrogen-bond donors (Lipinski definition) is 1. The number of nitrogens with zero attached hydrogens (tertiary/aromatic N) is 1. The smallest absolute Gasteiger partial charge is 0.263 e. The quantitative estimate of drug-likeness (QED) is 0.761. The molecule has 1 N–H and O–H groups in total. The minimum atomic E-state index is -0.00527. The molecule has 0 spiro atoms. The molecular weight excluding hydrogens is 288 g/mol. The monoisotopic (exact) mass is 308 g/mol. The van der Waals surface area contributed by atoms with Gasteiger partial charge in [0.2, 0.25) is 0 Å². The SMILES string of the molecule is CCCCCC(C)NC(=O)c1cnc(-c2cccs2)s1. The number of carbonyl (C=O) groups is 1. The molecule has 3 nitrogen and oxygen atoms in total. The number of unbranched alkanes of at least 4 members (excludes halogenated alkanes) is 2. The van der Waals surface area contributed by atoms with Crippen molar-refractivity contribution in [2.45, 2.75) is 45.6 Å². The van der Waals surface area contributed by atoms with Crippen LogP contribution in [0.1, 0.15) is 49.2 Å². The van der Waals surface area contributed by atoms with Crippen LogP contribution in [0.3, 0.4) is 0 Å². The lowest BCUT2D eigenvalue weighted by Gasteiger charge is -2.12. The first-order valence-corrected chi connectivity index (χ1v) is 8.71. The number of nitrogens with one attached hydrogen (secondary N) is 1. The molecule has 2 aromatic heterocycles. The highest BCUT2D eigenvalue weighted by atomic mass is 32.1. The maximum absolute atomic E-state index is 12.1. The molecule has 0 aliphatic heterocycles. The zero-order chi connectivity index (χ0) is 14.4. The molecule has 5 heteroatoms. The minimum Gasteiger partial charge on any atom is -0.349 e. The van der Waals surface area contributed by atoms with Crippen molar-refractivity contribution in [1.29, 1.82) is 0 Å². The summed E-state index contributed by atoms with van der Waals surface area (Å²) in [6.45, 7) is 4.25. The summed E-state index contributed by atoms with van der Waals surface area (Å²) in [4.78, 5) is 18.3. The van der Waals surface area contributed by atoms with Gasteiger partial charge in [-0.05, 0) is 24.8 Å². The van der Waals surface area contributed by atoms with E-state index >= 15 is 0 Å². The molecule has 0 radical (unpaired) electrons. The number of hydrogen-bond acceptors (Lipinski definition) is 4. The highest BCUT2D eigenvalue weighted by Gasteiger charge is 2.14. The molecule has 0 aliphatic carbocycles. The second-order valence-electron chi connectivity index (χ2n) is 4.88. The molecule has 1 amide bonds. The van der Waals surface area contributed by atoms with Crippen molar-refractivity contribution >= 4 is 28.6 Å². The summed E-state index contributed by atoms with van der Waals surface area (Å²) in [6, 6.07) is 4.25. The summed E-state index contributed by atoms with van der Waals surface area (Å²) in [5, 5.41) is 5.99. The Morgan fingerprint density at radius 1 is 1.45 bits per heavy atom. The summed E-state index contributed by atoms with van der Waals surface area (Å²) < 4.78 is 0. The highest BCUT2D eigenvalue weighted by molar-refractivity contribution is 7.21. The van der Waals surface area contributed by atoms with Crippen molar-refractivity contribution in [3.63, 3.8) is 0 Å². The molecule has 1 atom stereocenters. The van der Waals surface area contributed by atoms with Crippen LogP contribution in [0, 0.1) is 0 Å². The van der Waals surface area contributed by atoms with Gasteiger partial charge in [-0.3, -0.25) is 4.79 Å². The summed E-state index contributed by atoms with van der Waals surface area (Å²) in [6.07, 6.45) is 6.31. The first-order valence-electron chi connectivity index (χ1n) is 7.01. The van der Waals surface area contributed by atoms with Gasteiger partial charge in [0.1, 0.15) is 9.88 Å². The molecule has 0 saturated heterocycles. The van der Waals surface area contributed by atoms with Gasteiger partial charge in [-0.1, -0.05) is 32.3 Å². The largest absolute Gasteiger partial charge is 0.349 e. The van der Waals surface area contributed by atoms with Crippen LogP contribution in [0.2, 0.25) is 0 Å². The third-order valence-electron chi connectivity index (χ3n) is 3.08. The number of carbonyl (C=O) groups excluding carboxylic acids is 1. The Morgan fingerprint density at radius 3 is 3.00 bits per heavy atom. The van der Waals surface area contributed by atoms with Crippen molar-refractivity contribution in [3.8, 4) is 9.88 Å². The van der Waals surface area contributed by atoms with Crippen LogP contribution in [0.5, 0.6) is 0 Å².